The molecule has 2 heterocycles. The monoisotopic (exact) mass is 327 g/mol. The molecule has 0 fully saturated rings. The predicted octanol–water partition coefficient (Wildman–Crippen LogP) is 1.34. The molecule has 1 aromatic carbocycles. The summed E-state index contributed by atoms with van der Waals surface area (Å²) >= 11 is 0. The minimum Gasteiger partial charge on any atom is -0.309 e. The normalized spacial score (nSPS) is 11.5. The van der Waals surface area contributed by atoms with Gasteiger partial charge in [0, 0.05) is 6.54 Å². The lowest BCUT2D eigenvalue weighted by molar-refractivity contribution is 0.252. The largest absolute Gasteiger partial charge is 0.309 e. The number of fused-ring (bicyclic) bond motifs is 1. The fraction of sp³-hybridized carbons (Fsp3) is 0.438. The lowest BCUT2D eigenvalue weighted by atomic mass is 10.2. The van der Waals surface area contributed by atoms with Crippen molar-refractivity contribution in [2.24, 2.45) is 0 Å². The number of hydrogen-bond acceptors (Lipinski definition) is 6. The second-order valence-electron chi connectivity index (χ2n) is 5.65. The number of aromatic nitrogens is 6. The fourth-order valence-electron chi connectivity index (χ4n) is 2.62. The maximum atomic E-state index is 12.2. The fourth-order valence-corrected chi connectivity index (χ4v) is 2.62. The average molecular weight is 327 g/mol. The molecule has 0 saturated heterocycles. The lowest BCUT2D eigenvalue weighted by Gasteiger charge is -2.19. The zero-order valence-electron chi connectivity index (χ0n) is 13.9. The summed E-state index contributed by atoms with van der Waals surface area (Å²) < 4.78 is 1.82. The van der Waals surface area contributed by atoms with E-state index < -0.39 is 0 Å². The molecule has 0 saturated carbocycles. The maximum Gasteiger partial charge on any atom is 0.258 e. The Hall–Kier alpha value is -2.61. The van der Waals surface area contributed by atoms with E-state index in [4.69, 9.17) is 0 Å². The molecule has 0 aliphatic rings. The third kappa shape index (κ3) is 3.48. The molecule has 0 bridgehead atoms. The molecule has 8 nitrogen and oxygen atoms in total. The Bertz CT molecular complexity index is 870. The summed E-state index contributed by atoms with van der Waals surface area (Å²) in [7, 11) is 0. The molecule has 1 N–H and O–H groups in total. The van der Waals surface area contributed by atoms with Crippen LogP contribution in [0.5, 0.6) is 0 Å². The summed E-state index contributed by atoms with van der Waals surface area (Å²) in [5, 5.41) is 12.5. The number of aryl methyl sites for hydroxylation is 1. The highest BCUT2D eigenvalue weighted by Crippen LogP contribution is 2.09. The van der Waals surface area contributed by atoms with Gasteiger partial charge in [0.2, 0.25) is 0 Å². The minimum atomic E-state index is -0.109. The summed E-state index contributed by atoms with van der Waals surface area (Å²) in [4.78, 5) is 21.7. The van der Waals surface area contributed by atoms with Crippen LogP contribution in [0.3, 0.4) is 0 Å². The summed E-state index contributed by atoms with van der Waals surface area (Å²) in [6.07, 6.45) is 0.976. The molecule has 24 heavy (non-hydrogen) atoms. The molecule has 2 aromatic heterocycles. The van der Waals surface area contributed by atoms with E-state index in [0.717, 1.165) is 25.3 Å². The van der Waals surface area contributed by atoms with Gasteiger partial charge in [0.15, 0.2) is 5.82 Å². The highest BCUT2D eigenvalue weighted by molar-refractivity contribution is 5.77. The van der Waals surface area contributed by atoms with Gasteiger partial charge in [-0.05, 0) is 35.5 Å². The van der Waals surface area contributed by atoms with E-state index in [-0.39, 0.29) is 5.56 Å². The summed E-state index contributed by atoms with van der Waals surface area (Å²) in [6.45, 7) is 6.90. The second-order valence-corrected chi connectivity index (χ2v) is 5.65. The molecule has 0 atom stereocenters. The Labute approximate surface area is 139 Å². The molecule has 0 aliphatic heterocycles. The van der Waals surface area contributed by atoms with Gasteiger partial charge in [0.05, 0.1) is 24.0 Å². The van der Waals surface area contributed by atoms with Crippen LogP contribution in [0.1, 0.15) is 31.9 Å². The van der Waals surface area contributed by atoms with Gasteiger partial charge in [-0.2, -0.15) is 0 Å². The molecule has 0 spiro atoms. The SMILES string of the molecule is CCCn1nnnc1CN(CC)Cc1nc2ccccc2c(=O)[nH]1. The number of aromatic amines is 1. The highest BCUT2D eigenvalue weighted by atomic mass is 16.1. The van der Waals surface area contributed by atoms with Crippen LogP contribution in [-0.4, -0.2) is 41.6 Å². The van der Waals surface area contributed by atoms with Crippen LogP contribution in [0.2, 0.25) is 0 Å². The molecule has 0 unspecified atom stereocenters. The van der Waals surface area contributed by atoms with Crippen LogP contribution in [0.4, 0.5) is 0 Å². The van der Waals surface area contributed by atoms with Crippen LogP contribution >= 0.6 is 0 Å². The summed E-state index contributed by atoms with van der Waals surface area (Å²) in [6, 6.07) is 7.35. The van der Waals surface area contributed by atoms with E-state index in [0.29, 0.717) is 29.8 Å². The quantitative estimate of drug-likeness (QED) is 0.704. The van der Waals surface area contributed by atoms with Crippen molar-refractivity contribution in [1.29, 1.82) is 0 Å². The van der Waals surface area contributed by atoms with Gasteiger partial charge in [-0.25, -0.2) is 9.67 Å². The van der Waals surface area contributed by atoms with Crippen LogP contribution in [0, 0.1) is 0 Å². The van der Waals surface area contributed by atoms with E-state index >= 15 is 0 Å². The van der Waals surface area contributed by atoms with Gasteiger partial charge in [0.25, 0.3) is 5.56 Å². The van der Waals surface area contributed by atoms with Crippen LogP contribution < -0.4 is 5.56 Å². The third-order valence-electron chi connectivity index (χ3n) is 3.89. The van der Waals surface area contributed by atoms with Gasteiger partial charge < -0.3 is 4.98 Å². The number of para-hydroxylation sites is 1. The number of tetrazole rings is 1. The predicted molar refractivity (Wildman–Crippen MR) is 90.3 cm³/mol. The first-order valence-corrected chi connectivity index (χ1v) is 8.16. The van der Waals surface area contributed by atoms with Gasteiger partial charge in [-0.3, -0.25) is 9.69 Å². The smallest absolute Gasteiger partial charge is 0.258 e. The molecular weight excluding hydrogens is 306 g/mol. The Morgan fingerprint density at radius 2 is 2.04 bits per heavy atom. The number of hydrogen-bond donors (Lipinski definition) is 1. The standard InChI is InChI=1S/C16H21N7O/c1-3-9-23-15(19-20-21-23)11-22(4-2)10-14-17-13-8-6-5-7-12(13)16(24)18-14/h5-8H,3-4,9-11H2,1-2H3,(H,17,18,24). The zero-order valence-corrected chi connectivity index (χ0v) is 13.9. The van der Waals surface area contributed by atoms with E-state index in [1.165, 1.54) is 0 Å². The van der Waals surface area contributed by atoms with Gasteiger partial charge in [-0.1, -0.05) is 26.0 Å². The zero-order chi connectivity index (χ0) is 16.9. The molecule has 3 rings (SSSR count). The summed E-state index contributed by atoms with van der Waals surface area (Å²) in [5.74, 6) is 1.47. The van der Waals surface area contributed by atoms with Crippen molar-refractivity contribution in [2.75, 3.05) is 6.54 Å². The Balaban J connectivity index is 1.80. The van der Waals surface area contributed by atoms with Crippen molar-refractivity contribution in [2.45, 2.75) is 39.9 Å². The number of benzene rings is 1. The number of H-pyrrole nitrogens is 1. The lowest BCUT2D eigenvalue weighted by Crippen LogP contribution is -2.27. The van der Waals surface area contributed by atoms with E-state index in [2.05, 4.69) is 44.2 Å². The van der Waals surface area contributed by atoms with Crippen LogP contribution in [0.25, 0.3) is 10.9 Å². The maximum absolute atomic E-state index is 12.2. The first-order valence-electron chi connectivity index (χ1n) is 8.16. The van der Waals surface area contributed by atoms with Crippen molar-refractivity contribution in [3.05, 3.63) is 46.3 Å². The molecule has 126 valence electrons. The van der Waals surface area contributed by atoms with Crippen molar-refractivity contribution in [3.63, 3.8) is 0 Å². The molecule has 8 heteroatoms. The van der Waals surface area contributed by atoms with Crippen molar-refractivity contribution in [1.82, 2.24) is 35.1 Å². The van der Waals surface area contributed by atoms with Gasteiger partial charge in [0.1, 0.15) is 5.82 Å². The van der Waals surface area contributed by atoms with Crippen molar-refractivity contribution in [3.8, 4) is 0 Å². The molecule has 3 aromatic rings. The molecular formula is C16H21N7O. The number of rotatable bonds is 7. The molecule has 0 amide bonds. The van der Waals surface area contributed by atoms with E-state index in [9.17, 15) is 4.79 Å². The first-order chi connectivity index (χ1) is 11.7. The topological polar surface area (TPSA) is 92.6 Å². The number of nitrogens with one attached hydrogen (secondary N) is 1. The second kappa shape index (κ2) is 7.31. The van der Waals surface area contributed by atoms with Crippen molar-refractivity contribution >= 4 is 10.9 Å². The average Bonchev–Trinajstić information content (AvgIpc) is 3.01. The van der Waals surface area contributed by atoms with Crippen molar-refractivity contribution < 1.29 is 0 Å². The Kier molecular flexibility index (Phi) is 4.95. The Morgan fingerprint density at radius 1 is 1.21 bits per heavy atom. The third-order valence-corrected chi connectivity index (χ3v) is 3.89. The highest BCUT2D eigenvalue weighted by Gasteiger charge is 2.13. The van der Waals surface area contributed by atoms with E-state index in [1.807, 2.05) is 22.9 Å². The Morgan fingerprint density at radius 3 is 2.83 bits per heavy atom. The first kappa shape index (κ1) is 16.3. The molecule has 0 radical (unpaired) electrons. The van der Waals surface area contributed by atoms with Crippen LogP contribution in [0.15, 0.2) is 29.1 Å². The number of nitrogens with zero attached hydrogens (tertiary/aromatic N) is 6. The van der Waals surface area contributed by atoms with Gasteiger partial charge >= 0.3 is 0 Å². The van der Waals surface area contributed by atoms with E-state index in [1.54, 1.807) is 6.07 Å². The summed E-state index contributed by atoms with van der Waals surface area (Å²) in [5.41, 5.74) is 0.602. The van der Waals surface area contributed by atoms with Crippen LogP contribution in [-0.2, 0) is 19.6 Å². The van der Waals surface area contributed by atoms with Gasteiger partial charge in [-0.15, -0.1) is 5.10 Å². The minimum absolute atomic E-state index is 0.109. The molecule has 0 aliphatic carbocycles.